The Kier molecular flexibility index (Phi) is 5.74. The van der Waals surface area contributed by atoms with Gasteiger partial charge in [0.25, 0.3) is 5.91 Å². The smallest absolute Gasteiger partial charge is 0.251 e. The fraction of sp³-hybridized carbons (Fsp3) is 0.333. The number of rotatable bonds is 7. The van der Waals surface area contributed by atoms with E-state index in [4.69, 9.17) is 15.2 Å². The first-order valence-corrected chi connectivity index (χ1v) is 7.77. The number of carbonyl (C=O) groups excluding carboxylic acids is 1. The lowest BCUT2D eigenvalue weighted by atomic mass is 10.1. The van der Waals surface area contributed by atoms with E-state index in [2.05, 4.69) is 10.3 Å². The number of nitrogens with two attached hydrogens (primary N) is 1. The van der Waals surface area contributed by atoms with E-state index in [9.17, 15) is 4.79 Å². The highest BCUT2D eigenvalue weighted by atomic mass is 32.1. The Morgan fingerprint density at radius 3 is 2.91 bits per heavy atom. The maximum atomic E-state index is 12.1. The lowest BCUT2D eigenvalue weighted by molar-refractivity contribution is 0.0941. The molecule has 6 nitrogen and oxygen atoms in total. The number of thiazole rings is 1. The van der Waals surface area contributed by atoms with Crippen LogP contribution < -0.4 is 20.5 Å². The van der Waals surface area contributed by atoms with E-state index in [-0.39, 0.29) is 11.9 Å². The number of aromatic nitrogens is 1. The van der Waals surface area contributed by atoms with Gasteiger partial charge in [0.05, 0.1) is 18.3 Å². The molecule has 3 N–H and O–H groups in total. The minimum atomic E-state index is -0.192. The lowest BCUT2D eigenvalue weighted by Crippen LogP contribution is -2.37. The third kappa shape index (κ3) is 4.19. The van der Waals surface area contributed by atoms with Crippen LogP contribution in [-0.4, -0.2) is 30.6 Å². The molecule has 0 aliphatic carbocycles. The number of benzene rings is 1. The molecule has 2 aromatic rings. The molecule has 1 aromatic heterocycles. The minimum Gasteiger partial charge on any atom is -0.493 e. The molecule has 7 heteroatoms. The Bertz CT molecular complexity index is 617. The zero-order chi connectivity index (χ0) is 15.9. The minimum absolute atomic E-state index is 0.0842. The number of amides is 1. The molecule has 0 radical (unpaired) electrons. The second-order valence-corrected chi connectivity index (χ2v) is 5.46. The van der Waals surface area contributed by atoms with Gasteiger partial charge in [-0.15, -0.1) is 11.3 Å². The predicted octanol–water partition coefficient (Wildman–Crippen LogP) is 1.81. The van der Waals surface area contributed by atoms with Gasteiger partial charge >= 0.3 is 0 Å². The van der Waals surface area contributed by atoms with Gasteiger partial charge in [0, 0.05) is 23.5 Å². The van der Waals surface area contributed by atoms with Gasteiger partial charge in [-0.2, -0.15) is 0 Å². The average molecular weight is 321 g/mol. The van der Waals surface area contributed by atoms with Crippen LogP contribution in [0.4, 0.5) is 0 Å². The summed E-state index contributed by atoms with van der Waals surface area (Å²) in [7, 11) is 1.54. The summed E-state index contributed by atoms with van der Waals surface area (Å²) in [6, 6.07) is 4.97. The Morgan fingerprint density at radius 2 is 2.27 bits per heavy atom. The van der Waals surface area contributed by atoms with Crippen LogP contribution in [0.15, 0.2) is 29.1 Å². The zero-order valence-electron chi connectivity index (χ0n) is 12.5. The highest BCUT2D eigenvalue weighted by Crippen LogP contribution is 2.28. The molecular weight excluding hydrogens is 302 g/mol. The molecule has 0 aliphatic rings. The van der Waals surface area contributed by atoms with E-state index >= 15 is 0 Å². The molecule has 0 aliphatic heterocycles. The summed E-state index contributed by atoms with van der Waals surface area (Å²) in [6.45, 7) is 2.59. The van der Waals surface area contributed by atoms with E-state index in [0.29, 0.717) is 30.2 Å². The van der Waals surface area contributed by atoms with Gasteiger partial charge in [-0.25, -0.2) is 4.98 Å². The van der Waals surface area contributed by atoms with Gasteiger partial charge in [-0.05, 0) is 25.1 Å². The van der Waals surface area contributed by atoms with Gasteiger partial charge < -0.3 is 20.5 Å². The average Bonchev–Trinajstić information content (AvgIpc) is 3.05. The van der Waals surface area contributed by atoms with Crippen LogP contribution in [0.25, 0.3) is 0 Å². The maximum Gasteiger partial charge on any atom is 0.251 e. The molecule has 1 aromatic carbocycles. The molecule has 0 saturated heterocycles. The van der Waals surface area contributed by atoms with E-state index in [1.807, 2.05) is 12.3 Å². The highest BCUT2D eigenvalue weighted by molar-refractivity contribution is 7.07. The van der Waals surface area contributed by atoms with E-state index < -0.39 is 0 Å². The van der Waals surface area contributed by atoms with Crippen molar-refractivity contribution >= 4 is 17.2 Å². The van der Waals surface area contributed by atoms with Crippen molar-refractivity contribution < 1.29 is 14.3 Å². The lowest BCUT2D eigenvalue weighted by Gasteiger charge is -2.14. The topological polar surface area (TPSA) is 86.5 Å². The van der Waals surface area contributed by atoms with Crippen molar-refractivity contribution in [2.75, 3.05) is 13.7 Å². The predicted molar refractivity (Wildman–Crippen MR) is 85.4 cm³/mol. The molecule has 0 fully saturated rings. The molecule has 1 atom stereocenters. The first-order valence-electron chi connectivity index (χ1n) is 6.83. The molecule has 0 spiro atoms. The third-order valence-corrected chi connectivity index (χ3v) is 3.65. The number of hydrogen-bond acceptors (Lipinski definition) is 6. The first kappa shape index (κ1) is 16.3. The number of nitrogens with zero attached hydrogens (tertiary/aromatic N) is 1. The summed E-state index contributed by atoms with van der Waals surface area (Å²) in [4.78, 5) is 16.2. The van der Waals surface area contributed by atoms with Gasteiger partial charge in [0.15, 0.2) is 11.5 Å². The number of nitrogens with one attached hydrogen (secondary N) is 1. The fourth-order valence-electron chi connectivity index (χ4n) is 1.75. The van der Waals surface area contributed by atoms with Gasteiger partial charge in [0.2, 0.25) is 0 Å². The van der Waals surface area contributed by atoms with Crippen molar-refractivity contribution in [3.05, 3.63) is 40.3 Å². The quantitative estimate of drug-likeness (QED) is 0.812. The van der Waals surface area contributed by atoms with Crippen LogP contribution in [-0.2, 0) is 6.61 Å². The summed E-state index contributed by atoms with van der Waals surface area (Å²) in [5.74, 6) is 0.879. The van der Waals surface area contributed by atoms with Crippen LogP contribution in [0, 0.1) is 0 Å². The molecule has 118 valence electrons. The molecule has 2 rings (SSSR count). The van der Waals surface area contributed by atoms with Crippen LogP contribution in [0.5, 0.6) is 11.5 Å². The van der Waals surface area contributed by atoms with Crippen molar-refractivity contribution in [2.45, 2.75) is 19.6 Å². The van der Waals surface area contributed by atoms with Crippen LogP contribution in [0.3, 0.4) is 0 Å². The van der Waals surface area contributed by atoms with E-state index in [1.165, 1.54) is 18.4 Å². The maximum absolute atomic E-state index is 12.1. The summed E-state index contributed by atoms with van der Waals surface area (Å²) in [6.07, 6.45) is 0. The SMILES string of the molecule is COc1cc(C(=O)N[C@@H](C)CN)ccc1OCc1cscn1. The van der Waals surface area contributed by atoms with Crippen molar-refractivity contribution in [3.8, 4) is 11.5 Å². The summed E-state index contributed by atoms with van der Waals surface area (Å²) < 4.78 is 11.0. The summed E-state index contributed by atoms with van der Waals surface area (Å²) in [5, 5.41) is 4.72. The second-order valence-electron chi connectivity index (χ2n) is 4.74. The molecular formula is C15H19N3O3S. The number of methoxy groups -OCH3 is 1. The Balaban J connectivity index is 2.08. The monoisotopic (exact) mass is 321 g/mol. The number of ether oxygens (including phenoxy) is 2. The standard InChI is InChI=1S/C15H19N3O3S/c1-10(6-16)18-15(19)11-3-4-13(14(5-11)20-2)21-7-12-8-22-9-17-12/h3-5,8-10H,6-7,16H2,1-2H3,(H,18,19)/t10-/m0/s1. The number of carbonyl (C=O) groups is 1. The molecule has 22 heavy (non-hydrogen) atoms. The van der Waals surface area contributed by atoms with Crippen molar-refractivity contribution in [3.63, 3.8) is 0 Å². The molecule has 0 saturated carbocycles. The summed E-state index contributed by atoms with van der Waals surface area (Å²) >= 11 is 1.51. The highest BCUT2D eigenvalue weighted by Gasteiger charge is 2.13. The molecule has 0 unspecified atom stereocenters. The van der Waals surface area contributed by atoms with Crippen LogP contribution >= 0.6 is 11.3 Å². The normalized spacial score (nSPS) is 11.8. The van der Waals surface area contributed by atoms with Crippen molar-refractivity contribution in [1.29, 1.82) is 0 Å². The van der Waals surface area contributed by atoms with E-state index in [1.54, 1.807) is 23.7 Å². The van der Waals surface area contributed by atoms with Crippen molar-refractivity contribution in [2.24, 2.45) is 5.73 Å². The molecule has 1 heterocycles. The third-order valence-electron chi connectivity index (χ3n) is 3.02. The largest absolute Gasteiger partial charge is 0.493 e. The van der Waals surface area contributed by atoms with E-state index in [0.717, 1.165) is 5.69 Å². The van der Waals surface area contributed by atoms with Crippen molar-refractivity contribution in [1.82, 2.24) is 10.3 Å². The first-order chi connectivity index (χ1) is 10.6. The molecule has 1 amide bonds. The zero-order valence-corrected chi connectivity index (χ0v) is 13.4. The Labute approximate surface area is 133 Å². The van der Waals surface area contributed by atoms with Gasteiger partial charge in [0.1, 0.15) is 6.61 Å². The van der Waals surface area contributed by atoms with Crippen LogP contribution in [0.1, 0.15) is 23.0 Å². The Hall–Kier alpha value is -2.12. The van der Waals surface area contributed by atoms with Gasteiger partial charge in [-0.1, -0.05) is 0 Å². The number of hydrogen-bond donors (Lipinski definition) is 2. The van der Waals surface area contributed by atoms with Crippen LogP contribution in [0.2, 0.25) is 0 Å². The summed E-state index contributed by atoms with van der Waals surface area (Å²) in [5.41, 5.74) is 8.60. The van der Waals surface area contributed by atoms with Gasteiger partial charge in [-0.3, -0.25) is 4.79 Å². The second kappa shape index (κ2) is 7.77. The fourth-order valence-corrected chi connectivity index (χ4v) is 2.30. The molecule has 0 bridgehead atoms. The Morgan fingerprint density at radius 1 is 1.45 bits per heavy atom.